The molecule has 0 N–H and O–H groups in total. The van der Waals surface area contributed by atoms with Crippen molar-refractivity contribution in [3.8, 4) is 11.5 Å². The van der Waals surface area contributed by atoms with E-state index in [1.807, 2.05) is 24.3 Å². The van der Waals surface area contributed by atoms with Gasteiger partial charge in [-0.05, 0) is 42.5 Å². The monoisotopic (exact) mass is 473 g/mol. The highest BCUT2D eigenvalue weighted by atomic mass is 35.5. The van der Waals surface area contributed by atoms with Gasteiger partial charge < -0.3 is 9.42 Å². The molecule has 0 saturated carbocycles. The maximum atomic E-state index is 13.0. The standard InChI is InChI=1S/C23H19ClF3N5O/c24-17-4-5-18-19(13-17)28-7-6-20(18)32-10-8-31(9-11-32)14-21-29-22(33-30-21)15-2-1-3-16(12-15)23(25,26)27/h1-7,12-13H,8-11,14H2. The van der Waals surface area contributed by atoms with Crippen LogP contribution in [-0.4, -0.2) is 46.2 Å². The van der Waals surface area contributed by atoms with E-state index >= 15 is 0 Å². The first-order valence-electron chi connectivity index (χ1n) is 10.4. The van der Waals surface area contributed by atoms with E-state index < -0.39 is 11.7 Å². The van der Waals surface area contributed by atoms with Gasteiger partial charge >= 0.3 is 6.18 Å². The average Bonchev–Trinajstić information content (AvgIpc) is 3.27. The Balaban J connectivity index is 1.24. The van der Waals surface area contributed by atoms with Crippen LogP contribution in [0.15, 0.2) is 59.3 Å². The van der Waals surface area contributed by atoms with Gasteiger partial charge in [0.25, 0.3) is 5.89 Å². The van der Waals surface area contributed by atoms with Gasteiger partial charge in [0.05, 0.1) is 17.6 Å². The molecule has 33 heavy (non-hydrogen) atoms. The minimum atomic E-state index is -4.43. The Morgan fingerprint density at radius 1 is 1.00 bits per heavy atom. The van der Waals surface area contributed by atoms with Gasteiger partial charge in [0.2, 0.25) is 0 Å². The van der Waals surface area contributed by atoms with Crippen LogP contribution in [0.3, 0.4) is 0 Å². The summed E-state index contributed by atoms with van der Waals surface area (Å²) in [6, 6.07) is 12.6. The van der Waals surface area contributed by atoms with E-state index in [4.69, 9.17) is 16.1 Å². The molecule has 6 nitrogen and oxygen atoms in total. The zero-order valence-electron chi connectivity index (χ0n) is 17.4. The molecule has 1 aliphatic rings. The van der Waals surface area contributed by atoms with Crippen LogP contribution >= 0.6 is 11.6 Å². The smallest absolute Gasteiger partial charge is 0.368 e. The molecular weight excluding hydrogens is 455 g/mol. The highest BCUT2D eigenvalue weighted by Gasteiger charge is 2.31. The van der Waals surface area contributed by atoms with E-state index in [-0.39, 0.29) is 11.5 Å². The number of nitrogens with zero attached hydrogens (tertiary/aromatic N) is 5. The Kier molecular flexibility index (Phi) is 5.67. The molecular formula is C23H19ClF3N5O. The molecule has 0 spiro atoms. The van der Waals surface area contributed by atoms with Gasteiger partial charge in [-0.25, -0.2) is 0 Å². The summed E-state index contributed by atoms with van der Waals surface area (Å²) < 4.78 is 44.1. The summed E-state index contributed by atoms with van der Waals surface area (Å²) in [5.41, 5.74) is 1.47. The molecule has 1 saturated heterocycles. The Morgan fingerprint density at radius 2 is 1.82 bits per heavy atom. The molecule has 5 rings (SSSR count). The predicted octanol–water partition coefficient (Wildman–Crippen LogP) is 5.28. The molecule has 0 aliphatic carbocycles. The summed E-state index contributed by atoms with van der Waals surface area (Å²) >= 11 is 6.09. The second kappa shape index (κ2) is 8.64. The first-order chi connectivity index (χ1) is 15.9. The molecule has 1 fully saturated rings. The fraction of sp³-hybridized carbons (Fsp3) is 0.261. The fourth-order valence-corrected chi connectivity index (χ4v) is 4.16. The van der Waals surface area contributed by atoms with Crippen molar-refractivity contribution in [3.63, 3.8) is 0 Å². The van der Waals surface area contributed by atoms with E-state index in [0.717, 1.165) is 54.9 Å². The summed E-state index contributed by atoms with van der Waals surface area (Å²) in [4.78, 5) is 13.2. The SMILES string of the molecule is FC(F)(F)c1cccc(-c2nc(CN3CCN(c4ccnc5cc(Cl)ccc45)CC3)no2)c1. The van der Waals surface area contributed by atoms with Gasteiger partial charge in [-0.15, -0.1) is 0 Å². The van der Waals surface area contributed by atoms with Crippen LogP contribution in [0.25, 0.3) is 22.4 Å². The van der Waals surface area contributed by atoms with Crippen LogP contribution in [0.2, 0.25) is 5.02 Å². The third kappa shape index (κ3) is 4.65. The van der Waals surface area contributed by atoms with Crippen molar-refractivity contribution in [2.75, 3.05) is 31.1 Å². The molecule has 4 aromatic rings. The molecule has 0 unspecified atom stereocenters. The molecule has 3 heterocycles. The summed E-state index contributed by atoms with van der Waals surface area (Å²) in [6.07, 6.45) is -2.64. The zero-order valence-corrected chi connectivity index (χ0v) is 18.1. The summed E-state index contributed by atoms with van der Waals surface area (Å²) in [6.45, 7) is 3.64. The number of hydrogen-bond donors (Lipinski definition) is 0. The van der Waals surface area contributed by atoms with Crippen LogP contribution in [0.4, 0.5) is 18.9 Å². The van der Waals surface area contributed by atoms with Crippen LogP contribution in [0.1, 0.15) is 11.4 Å². The molecule has 170 valence electrons. The van der Waals surface area contributed by atoms with E-state index in [2.05, 4.69) is 24.9 Å². The Labute approximate surface area is 192 Å². The van der Waals surface area contributed by atoms with E-state index in [9.17, 15) is 13.2 Å². The number of fused-ring (bicyclic) bond motifs is 1. The lowest BCUT2D eigenvalue weighted by atomic mass is 10.1. The lowest BCUT2D eigenvalue weighted by Crippen LogP contribution is -2.46. The third-order valence-corrected chi connectivity index (χ3v) is 5.90. The van der Waals surface area contributed by atoms with Crippen molar-refractivity contribution >= 4 is 28.2 Å². The topological polar surface area (TPSA) is 58.3 Å². The highest BCUT2D eigenvalue weighted by molar-refractivity contribution is 6.31. The third-order valence-electron chi connectivity index (χ3n) is 5.66. The van der Waals surface area contributed by atoms with Crippen LogP contribution in [0, 0.1) is 0 Å². The van der Waals surface area contributed by atoms with Crippen molar-refractivity contribution < 1.29 is 17.7 Å². The van der Waals surface area contributed by atoms with Crippen molar-refractivity contribution in [1.82, 2.24) is 20.0 Å². The van der Waals surface area contributed by atoms with Crippen molar-refractivity contribution in [1.29, 1.82) is 0 Å². The lowest BCUT2D eigenvalue weighted by Gasteiger charge is -2.36. The largest absolute Gasteiger partial charge is 0.416 e. The summed E-state index contributed by atoms with van der Waals surface area (Å²) in [5.74, 6) is 0.525. The van der Waals surface area contributed by atoms with E-state index in [0.29, 0.717) is 17.4 Å². The maximum Gasteiger partial charge on any atom is 0.416 e. The Morgan fingerprint density at radius 3 is 2.61 bits per heavy atom. The van der Waals surface area contributed by atoms with E-state index in [1.54, 1.807) is 6.20 Å². The molecule has 2 aromatic heterocycles. The van der Waals surface area contributed by atoms with Crippen LogP contribution in [-0.2, 0) is 12.7 Å². The Bertz CT molecular complexity index is 1280. The van der Waals surface area contributed by atoms with Crippen LogP contribution in [0.5, 0.6) is 0 Å². The molecule has 1 aliphatic heterocycles. The summed E-state index contributed by atoms with van der Waals surface area (Å²) in [7, 11) is 0. The molecule has 0 radical (unpaired) electrons. The number of hydrogen-bond acceptors (Lipinski definition) is 6. The molecule has 0 atom stereocenters. The summed E-state index contributed by atoms with van der Waals surface area (Å²) in [5, 5.41) is 5.67. The van der Waals surface area contributed by atoms with Crippen molar-refractivity contribution in [3.05, 3.63) is 71.1 Å². The number of pyridine rings is 1. The van der Waals surface area contributed by atoms with Gasteiger partial charge in [0.1, 0.15) is 0 Å². The van der Waals surface area contributed by atoms with E-state index in [1.165, 1.54) is 12.1 Å². The number of piperazine rings is 1. The minimum Gasteiger partial charge on any atom is -0.368 e. The average molecular weight is 474 g/mol. The number of alkyl halides is 3. The number of halogens is 4. The van der Waals surface area contributed by atoms with Gasteiger partial charge in [-0.1, -0.05) is 22.8 Å². The minimum absolute atomic E-state index is 0.0802. The molecule has 10 heteroatoms. The second-order valence-corrected chi connectivity index (χ2v) is 8.29. The molecule has 0 amide bonds. The number of anilines is 1. The van der Waals surface area contributed by atoms with Crippen LogP contribution < -0.4 is 4.90 Å². The molecule has 0 bridgehead atoms. The zero-order chi connectivity index (χ0) is 23.0. The van der Waals surface area contributed by atoms with Gasteiger partial charge in [-0.3, -0.25) is 9.88 Å². The van der Waals surface area contributed by atoms with Gasteiger partial charge in [0, 0.05) is 54.0 Å². The predicted molar refractivity (Wildman–Crippen MR) is 119 cm³/mol. The number of rotatable bonds is 4. The fourth-order valence-electron chi connectivity index (χ4n) is 3.99. The normalized spacial score (nSPS) is 15.3. The van der Waals surface area contributed by atoms with Crippen molar-refractivity contribution in [2.45, 2.75) is 12.7 Å². The lowest BCUT2D eigenvalue weighted by molar-refractivity contribution is -0.137. The molecule has 2 aromatic carbocycles. The maximum absolute atomic E-state index is 13.0. The first kappa shape index (κ1) is 21.7. The van der Waals surface area contributed by atoms with Crippen molar-refractivity contribution in [2.24, 2.45) is 0 Å². The number of aromatic nitrogens is 3. The first-order valence-corrected chi connectivity index (χ1v) is 10.8. The number of benzene rings is 2. The van der Waals surface area contributed by atoms with Gasteiger partial charge in [-0.2, -0.15) is 18.2 Å². The Hall–Kier alpha value is -3.17. The quantitative estimate of drug-likeness (QED) is 0.402. The van der Waals surface area contributed by atoms with Gasteiger partial charge in [0.15, 0.2) is 5.82 Å². The highest BCUT2D eigenvalue weighted by Crippen LogP contribution is 2.32. The second-order valence-electron chi connectivity index (χ2n) is 7.85.